The van der Waals surface area contributed by atoms with Crippen LogP contribution in [0.3, 0.4) is 0 Å². The van der Waals surface area contributed by atoms with Crippen LogP contribution in [-0.2, 0) is 0 Å². The van der Waals surface area contributed by atoms with Crippen molar-refractivity contribution in [2.75, 3.05) is 0 Å². The van der Waals surface area contributed by atoms with Crippen LogP contribution in [-0.4, -0.2) is 9.97 Å². The summed E-state index contributed by atoms with van der Waals surface area (Å²) in [5, 5.41) is 2.22. The van der Waals surface area contributed by atoms with Crippen LogP contribution in [0.2, 0.25) is 0 Å². The van der Waals surface area contributed by atoms with Crippen molar-refractivity contribution in [2.45, 2.75) is 0 Å². The van der Waals surface area contributed by atoms with Gasteiger partial charge in [0.15, 0.2) is 0 Å². The molecular formula is C40H26N2O. The predicted molar refractivity (Wildman–Crippen MR) is 176 cm³/mol. The highest BCUT2D eigenvalue weighted by Crippen LogP contribution is 2.41. The normalized spacial score (nSPS) is 11.3. The lowest BCUT2D eigenvalue weighted by Crippen LogP contribution is -1.89. The summed E-state index contributed by atoms with van der Waals surface area (Å²) in [7, 11) is 0. The van der Waals surface area contributed by atoms with Gasteiger partial charge >= 0.3 is 0 Å². The Balaban J connectivity index is 1.31. The van der Waals surface area contributed by atoms with E-state index in [0.29, 0.717) is 0 Å². The SMILES string of the molecule is c1ccc(-c2ccc(-c3cc(-c4cccnc4)cc(-c4cccc5c4oc4c(-c6ccccc6)cccc45)c3)cn2)cc1. The van der Waals surface area contributed by atoms with Gasteiger partial charge in [-0.3, -0.25) is 9.97 Å². The number of hydrogen-bond acceptors (Lipinski definition) is 3. The van der Waals surface area contributed by atoms with Crippen LogP contribution < -0.4 is 0 Å². The Morgan fingerprint density at radius 3 is 1.58 bits per heavy atom. The van der Waals surface area contributed by atoms with Crippen molar-refractivity contribution in [1.29, 1.82) is 0 Å². The zero-order valence-electron chi connectivity index (χ0n) is 23.3. The highest BCUT2D eigenvalue weighted by Gasteiger charge is 2.17. The van der Waals surface area contributed by atoms with E-state index in [-0.39, 0.29) is 0 Å². The number of aromatic nitrogens is 2. The number of rotatable bonds is 5. The quantitative estimate of drug-likeness (QED) is 0.214. The van der Waals surface area contributed by atoms with Gasteiger partial charge in [0.2, 0.25) is 0 Å². The van der Waals surface area contributed by atoms with Gasteiger partial charge in [-0.05, 0) is 52.6 Å². The molecule has 0 fully saturated rings. The third-order valence-corrected chi connectivity index (χ3v) is 8.01. The third kappa shape index (κ3) is 4.58. The first-order chi connectivity index (χ1) is 21.3. The van der Waals surface area contributed by atoms with E-state index in [1.54, 1.807) is 6.20 Å². The molecule has 0 atom stereocenters. The van der Waals surface area contributed by atoms with Crippen LogP contribution >= 0.6 is 0 Å². The van der Waals surface area contributed by atoms with Gasteiger partial charge in [-0.1, -0.05) is 109 Å². The summed E-state index contributed by atoms with van der Waals surface area (Å²) in [5.74, 6) is 0. The van der Waals surface area contributed by atoms with Gasteiger partial charge in [0.1, 0.15) is 11.2 Å². The summed E-state index contributed by atoms with van der Waals surface area (Å²) in [5.41, 5.74) is 12.5. The van der Waals surface area contributed by atoms with Gasteiger partial charge in [-0.25, -0.2) is 0 Å². The maximum Gasteiger partial charge on any atom is 0.143 e. The van der Waals surface area contributed by atoms with Crippen LogP contribution in [0.15, 0.2) is 163 Å². The molecule has 3 heterocycles. The Labute approximate surface area is 249 Å². The Morgan fingerprint density at radius 2 is 0.977 bits per heavy atom. The lowest BCUT2D eigenvalue weighted by molar-refractivity contribution is 0.671. The van der Waals surface area contributed by atoms with E-state index < -0.39 is 0 Å². The topological polar surface area (TPSA) is 38.9 Å². The standard InChI is InChI=1S/C40H26N2O/c1-3-10-27(11-4-1)34-15-7-17-36-37-18-8-16-35(40(37)43-39(34)36)33-23-31(29-14-9-21-41-25-29)22-32(24-33)30-19-20-38(42-26-30)28-12-5-2-6-13-28/h1-26H. The third-order valence-electron chi connectivity index (χ3n) is 8.01. The number of benzene rings is 5. The molecule has 0 aliphatic heterocycles. The highest BCUT2D eigenvalue weighted by molar-refractivity contribution is 6.13. The first-order valence-electron chi connectivity index (χ1n) is 14.4. The average Bonchev–Trinajstić information content (AvgIpc) is 3.48. The highest BCUT2D eigenvalue weighted by atomic mass is 16.3. The summed E-state index contributed by atoms with van der Waals surface area (Å²) < 4.78 is 6.75. The Morgan fingerprint density at radius 1 is 0.395 bits per heavy atom. The molecule has 202 valence electrons. The molecular weight excluding hydrogens is 524 g/mol. The van der Waals surface area contributed by atoms with Crippen molar-refractivity contribution in [3.63, 3.8) is 0 Å². The molecule has 3 aromatic heterocycles. The maximum absolute atomic E-state index is 6.75. The molecule has 0 N–H and O–H groups in total. The number of hydrogen-bond donors (Lipinski definition) is 0. The molecule has 0 saturated heterocycles. The molecule has 0 amide bonds. The van der Waals surface area contributed by atoms with Gasteiger partial charge in [0.05, 0.1) is 5.69 Å². The first kappa shape index (κ1) is 25.0. The van der Waals surface area contributed by atoms with Gasteiger partial charge in [0.25, 0.3) is 0 Å². The van der Waals surface area contributed by atoms with Gasteiger partial charge < -0.3 is 4.42 Å². The van der Waals surface area contributed by atoms with Crippen LogP contribution in [0.5, 0.6) is 0 Å². The Bertz CT molecular complexity index is 2200. The molecule has 0 radical (unpaired) electrons. The Kier molecular flexibility index (Phi) is 6.12. The fraction of sp³-hybridized carbons (Fsp3) is 0. The van der Waals surface area contributed by atoms with Crippen LogP contribution in [0.25, 0.3) is 77.7 Å². The summed E-state index contributed by atoms with van der Waals surface area (Å²) in [4.78, 5) is 9.21. The van der Waals surface area contributed by atoms with E-state index in [2.05, 4.69) is 114 Å². The number of nitrogens with zero attached hydrogens (tertiary/aromatic N) is 2. The van der Waals surface area contributed by atoms with E-state index in [1.165, 1.54) is 0 Å². The fourth-order valence-electron chi connectivity index (χ4n) is 5.89. The molecule has 3 nitrogen and oxygen atoms in total. The van der Waals surface area contributed by atoms with Crippen molar-refractivity contribution >= 4 is 21.9 Å². The summed E-state index contributed by atoms with van der Waals surface area (Å²) >= 11 is 0. The molecule has 8 aromatic rings. The largest absolute Gasteiger partial charge is 0.455 e. The molecule has 0 aliphatic carbocycles. The number of fused-ring (bicyclic) bond motifs is 3. The number of furan rings is 1. The maximum atomic E-state index is 6.75. The van der Waals surface area contributed by atoms with Gasteiger partial charge in [-0.2, -0.15) is 0 Å². The monoisotopic (exact) mass is 550 g/mol. The van der Waals surface area contributed by atoms with Gasteiger partial charge in [0, 0.05) is 57.2 Å². The van der Waals surface area contributed by atoms with Crippen molar-refractivity contribution in [3.8, 4) is 55.8 Å². The molecule has 0 spiro atoms. The van der Waals surface area contributed by atoms with Crippen LogP contribution in [0, 0.1) is 0 Å². The molecule has 43 heavy (non-hydrogen) atoms. The lowest BCUT2D eigenvalue weighted by Gasteiger charge is -2.12. The molecule has 5 aromatic carbocycles. The Hall–Kier alpha value is -5.80. The number of para-hydroxylation sites is 2. The fourth-order valence-corrected chi connectivity index (χ4v) is 5.89. The second-order valence-corrected chi connectivity index (χ2v) is 10.7. The van der Waals surface area contributed by atoms with Crippen molar-refractivity contribution in [1.82, 2.24) is 9.97 Å². The van der Waals surface area contributed by atoms with E-state index in [9.17, 15) is 0 Å². The van der Waals surface area contributed by atoms with E-state index in [1.807, 2.05) is 42.7 Å². The number of pyridine rings is 2. The van der Waals surface area contributed by atoms with Crippen molar-refractivity contribution in [3.05, 3.63) is 158 Å². The molecule has 0 saturated carbocycles. The van der Waals surface area contributed by atoms with E-state index in [0.717, 1.165) is 77.7 Å². The van der Waals surface area contributed by atoms with E-state index in [4.69, 9.17) is 9.40 Å². The summed E-state index contributed by atoms with van der Waals surface area (Å²) in [6.07, 6.45) is 5.68. The van der Waals surface area contributed by atoms with Crippen LogP contribution in [0.4, 0.5) is 0 Å². The molecule has 0 bridgehead atoms. The summed E-state index contributed by atoms with van der Waals surface area (Å²) in [6, 6.07) is 48.5. The van der Waals surface area contributed by atoms with Crippen LogP contribution in [0.1, 0.15) is 0 Å². The van der Waals surface area contributed by atoms with Gasteiger partial charge in [-0.15, -0.1) is 0 Å². The molecule has 3 heteroatoms. The summed E-state index contributed by atoms with van der Waals surface area (Å²) in [6.45, 7) is 0. The zero-order chi connectivity index (χ0) is 28.6. The first-order valence-corrected chi connectivity index (χ1v) is 14.4. The average molecular weight is 551 g/mol. The predicted octanol–water partition coefficient (Wildman–Crippen LogP) is 10.7. The van der Waals surface area contributed by atoms with Crippen molar-refractivity contribution in [2.24, 2.45) is 0 Å². The second-order valence-electron chi connectivity index (χ2n) is 10.7. The lowest BCUT2D eigenvalue weighted by atomic mass is 9.93. The second kappa shape index (κ2) is 10.6. The molecule has 0 unspecified atom stereocenters. The van der Waals surface area contributed by atoms with Crippen molar-refractivity contribution < 1.29 is 4.42 Å². The molecule has 0 aliphatic rings. The minimum Gasteiger partial charge on any atom is -0.455 e. The zero-order valence-corrected chi connectivity index (χ0v) is 23.3. The minimum absolute atomic E-state index is 0.882. The smallest absolute Gasteiger partial charge is 0.143 e. The molecule has 8 rings (SSSR count). The van der Waals surface area contributed by atoms with E-state index >= 15 is 0 Å². The minimum atomic E-state index is 0.882.